The maximum absolute atomic E-state index is 11.0. The number of esters is 1. The molecular weight excluding hydrogens is 312 g/mol. The summed E-state index contributed by atoms with van der Waals surface area (Å²) in [5.41, 5.74) is 0. The number of carbonyl (C=O) groups excluding carboxylic acids is 1. The highest BCUT2D eigenvalue weighted by Crippen LogP contribution is 2.50. The molecular formula is C19H31ClO3. The summed E-state index contributed by atoms with van der Waals surface area (Å²) in [6, 6.07) is 0. The third-order valence-corrected chi connectivity index (χ3v) is 5.82. The van der Waals surface area contributed by atoms with E-state index in [0.717, 1.165) is 32.1 Å². The lowest BCUT2D eigenvalue weighted by atomic mass is 9.89. The van der Waals surface area contributed by atoms with Crippen LogP contribution < -0.4 is 0 Å². The van der Waals surface area contributed by atoms with Crippen LogP contribution in [-0.4, -0.2) is 30.7 Å². The number of unbranched alkanes of at least 4 members (excludes halogenated alkanes) is 5. The Labute approximate surface area is 145 Å². The van der Waals surface area contributed by atoms with E-state index in [9.17, 15) is 4.79 Å². The number of hydrogen-bond donors (Lipinski definition) is 0. The Bertz CT molecular complexity index is 396. The predicted octanol–water partition coefficient (Wildman–Crippen LogP) is 4.87. The fraction of sp³-hybridized carbons (Fsp3) is 0.842. The van der Waals surface area contributed by atoms with Crippen molar-refractivity contribution in [1.29, 1.82) is 0 Å². The first-order valence-electron chi connectivity index (χ1n) is 9.20. The van der Waals surface area contributed by atoms with E-state index in [4.69, 9.17) is 16.3 Å². The van der Waals surface area contributed by atoms with Gasteiger partial charge in [-0.3, -0.25) is 4.79 Å². The van der Waals surface area contributed by atoms with Gasteiger partial charge in [-0.2, -0.15) is 0 Å². The molecule has 5 atom stereocenters. The zero-order valence-electron chi connectivity index (χ0n) is 14.5. The molecule has 2 aliphatic rings. The number of ether oxygens (including phenoxy) is 2. The minimum absolute atomic E-state index is 0.0932. The lowest BCUT2D eigenvalue weighted by Gasteiger charge is -2.23. The second-order valence-corrected chi connectivity index (χ2v) is 7.41. The summed E-state index contributed by atoms with van der Waals surface area (Å²) in [5, 5.41) is 0.288. The molecule has 0 radical (unpaired) electrons. The van der Waals surface area contributed by atoms with Crippen LogP contribution in [0.4, 0.5) is 0 Å². The van der Waals surface area contributed by atoms with Crippen molar-refractivity contribution in [3.05, 3.63) is 12.2 Å². The van der Waals surface area contributed by atoms with Crippen LogP contribution in [0.1, 0.15) is 64.7 Å². The fourth-order valence-corrected chi connectivity index (χ4v) is 3.99. The van der Waals surface area contributed by atoms with Gasteiger partial charge in [0.05, 0.1) is 19.3 Å². The standard InChI is InChI=1S/C19H31ClO3/c1-3-16(20)15-13-17-19(23-17)14(15)11-9-7-5-4-6-8-10-12-18(21)22-2/h9,11,14-17,19H,3-8,10,12-13H2,1-2H3/b11-9-/t14-,15+,16-,17-,19+/m0/s1. The van der Waals surface area contributed by atoms with Gasteiger partial charge in [0.15, 0.2) is 0 Å². The molecule has 4 heteroatoms. The molecule has 23 heavy (non-hydrogen) atoms. The number of allylic oxidation sites excluding steroid dienone is 1. The Kier molecular flexibility index (Phi) is 7.91. The van der Waals surface area contributed by atoms with E-state index in [1.807, 2.05) is 0 Å². The summed E-state index contributed by atoms with van der Waals surface area (Å²) in [4.78, 5) is 11.0. The summed E-state index contributed by atoms with van der Waals surface area (Å²) in [5.74, 6) is 1.03. The van der Waals surface area contributed by atoms with Crippen LogP contribution in [-0.2, 0) is 14.3 Å². The zero-order valence-corrected chi connectivity index (χ0v) is 15.3. The van der Waals surface area contributed by atoms with Crippen molar-refractivity contribution in [2.75, 3.05) is 7.11 Å². The van der Waals surface area contributed by atoms with Crippen LogP contribution in [0, 0.1) is 11.8 Å². The molecule has 0 aromatic carbocycles. The fourth-order valence-electron chi connectivity index (χ4n) is 3.71. The highest BCUT2D eigenvalue weighted by Gasteiger charge is 2.55. The molecule has 0 amide bonds. The summed E-state index contributed by atoms with van der Waals surface area (Å²) in [6.45, 7) is 2.17. The number of carbonyl (C=O) groups is 1. The van der Waals surface area contributed by atoms with Crippen LogP contribution in [0.3, 0.4) is 0 Å². The second-order valence-electron chi connectivity index (χ2n) is 6.85. The van der Waals surface area contributed by atoms with Gasteiger partial charge in [-0.25, -0.2) is 0 Å². The van der Waals surface area contributed by atoms with Gasteiger partial charge in [0.25, 0.3) is 0 Å². The average molecular weight is 343 g/mol. The van der Waals surface area contributed by atoms with Crippen LogP contribution in [0.25, 0.3) is 0 Å². The van der Waals surface area contributed by atoms with Crippen LogP contribution >= 0.6 is 11.6 Å². The minimum atomic E-state index is -0.0932. The maximum atomic E-state index is 11.0. The molecule has 0 unspecified atom stereocenters. The average Bonchev–Trinajstić information content (AvgIpc) is 3.25. The summed E-state index contributed by atoms with van der Waals surface area (Å²) in [7, 11) is 1.45. The Morgan fingerprint density at radius 2 is 2.04 bits per heavy atom. The summed E-state index contributed by atoms with van der Waals surface area (Å²) < 4.78 is 10.3. The zero-order chi connectivity index (χ0) is 16.7. The topological polar surface area (TPSA) is 38.8 Å². The highest BCUT2D eigenvalue weighted by molar-refractivity contribution is 6.20. The molecule has 1 saturated heterocycles. The lowest BCUT2D eigenvalue weighted by molar-refractivity contribution is -0.140. The number of fused-ring (bicyclic) bond motifs is 1. The molecule has 0 aromatic rings. The first-order chi connectivity index (χ1) is 11.2. The Morgan fingerprint density at radius 3 is 2.78 bits per heavy atom. The molecule has 3 nitrogen and oxygen atoms in total. The van der Waals surface area contributed by atoms with Gasteiger partial charge in [0.1, 0.15) is 0 Å². The van der Waals surface area contributed by atoms with E-state index in [1.165, 1.54) is 26.4 Å². The Hall–Kier alpha value is -0.540. The molecule has 1 heterocycles. The first-order valence-corrected chi connectivity index (χ1v) is 9.64. The summed E-state index contributed by atoms with van der Waals surface area (Å²) >= 11 is 6.47. The van der Waals surface area contributed by atoms with Crippen molar-refractivity contribution in [3.8, 4) is 0 Å². The molecule has 1 saturated carbocycles. The monoisotopic (exact) mass is 342 g/mol. The lowest BCUT2D eigenvalue weighted by Crippen LogP contribution is -2.22. The van der Waals surface area contributed by atoms with Crippen molar-refractivity contribution in [1.82, 2.24) is 0 Å². The minimum Gasteiger partial charge on any atom is -0.469 e. The highest BCUT2D eigenvalue weighted by atomic mass is 35.5. The Balaban J connectivity index is 1.54. The van der Waals surface area contributed by atoms with Gasteiger partial charge >= 0.3 is 5.97 Å². The molecule has 132 valence electrons. The quantitative estimate of drug-likeness (QED) is 0.177. The maximum Gasteiger partial charge on any atom is 0.305 e. The van der Waals surface area contributed by atoms with E-state index in [0.29, 0.717) is 30.5 Å². The van der Waals surface area contributed by atoms with Gasteiger partial charge in [0.2, 0.25) is 0 Å². The molecule has 1 aliphatic carbocycles. The van der Waals surface area contributed by atoms with Crippen molar-refractivity contribution in [2.24, 2.45) is 11.8 Å². The number of rotatable bonds is 11. The van der Waals surface area contributed by atoms with Crippen molar-refractivity contribution in [3.63, 3.8) is 0 Å². The summed E-state index contributed by atoms with van der Waals surface area (Å²) in [6.07, 6.45) is 15.2. The van der Waals surface area contributed by atoms with Crippen molar-refractivity contribution >= 4 is 17.6 Å². The first kappa shape index (κ1) is 18.8. The third kappa shape index (κ3) is 5.79. The number of alkyl halides is 1. The second kappa shape index (κ2) is 9.68. The van der Waals surface area contributed by atoms with Gasteiger partial charge < -0.3 is 9.47 Å². The van der Waals surface area contributed by atoms with E-state index in [1.54, 1.807) is 0 Å². The smallest absolute Gasteiger partial charge is 0.305 e. The van der Waals surface area contributed by atoms with E-state index in [-0.39, 0.29) is 11.3 Å². The Morgan fingerprint density at radius 1 is 1.30 bits per heavy atom. The van der Waals surface area contributed by atoms with Gasteiger partial charge in [-0.15, -0.1) is 11.6 Å². The van der Waals surface area contributed by atoms with Gasteiger partial charge in [-0.1, -0.05) is 38.3 Å². The van der Waals surface area contributed by atoms with Crippen LogP contribution in [0.2, 0.25) is 0 Å². The normalized spacial score (nSPS) is 30.4. The van der Waals surface area contributed by atoms with E-state index < -0.39 is 0 Å². The molecule has 2 rings (SSSR count). The van der Waals surface area contributed by atoms with E-state index >= 15 is 0 Å². The van der Waals surface area contributed by atoms with Gasteiger partial charge in [-0.05, 0) is 38.0 Å². The number of epoxide rings is 1. The van der Waals surface area contributed by atoms with Crippen molar-refractivity contribution in [2.45, 2.75) is 82.3 Å². The molecule has 0 spiro atoms. The largest absolute Gasteiger partial charge is 0.469 e. The molecule has 0 bridgehead atoms. The third-order valence-electron chi connectivity index (χ3n) is 5.19. The SMILES string of the molecule is CC[C@H](Cl)[C@@H]1C[C@@H]2O[C@@H]2[C@H]1/C=C\CCCCCCCC(=O)OC. The van der Waals surface area contributed by atoms with Crippen LogP contribution in [0.15, 0.2) is 12.2 Å². The van der Waals surface area contributed by atoms with Gasteiger partial charge in [0, 0.05) is 17.7 Å². The molecule has 1 aliphatic heterocycles. The predicted molar refractivity (Wildman–Crippen MR) is 93.7 cm³/mol. The molecule has 0 N–H and O–H groups in total. The number of methoxy groups -OCH3 is 1. The van der Waals surface area contributed by atoms with Crippen molar-refractivity contribution < 1.29 is 14.3 Å². The molecule has 2 fully saturated rings. The molecule has 0 aromatic heterocycles. The number of halogens is 1. The van der Waals surface area contributed by atoms with Crippen LogP contribution in [0.5, 0.6) is 0 Å². The number of hydrogen-bond acceptors (Lipinski definition) is 3. The van der Waals surface area contributed by atoms with E-state index in [2.05, 4.69) is 23.8 Å².